The Morgan fingerprint density at radius 3 is 2.93 bits per heavy atom. The van der Waals surface area contributed by atoms with Crippen molar-refractivity contribution in [2.24, 2.45) is 0 Å². The number of anilines is 1. The van der Waals surface area contributed by atoms with Crippen molar-refractivity contribution >= 4 is 40.1 Å². The third kappa shape index (κ3) is 3.56. The Morgan fingerprint density at radius 1 is 1.44 bits per heavy atom. The van der Waals surface area contributed by atoms with Crippen molar-refractivity contribution in [2.45, 2.75) is 19.3 Å². The van der Waals surface area contributed by atoms with Crippen LogP contribution in [0.4, 0.5) is 19.2 Å². The number of alkyl halides is 3. The van der Waals surface area contributed by atoms with Gasteiger partial charge in [0.2, 0.25) is 0 Å². The first kappa shape index (κ1) is 18.3. The molecule has 0 amide bonds. The summed E-state index contributed by atoms with van der Waals surface area (Å²) < 4.78 is 48.7. The molecule has 1 aliphatic heterocycles. The van der Waals surface area contributed by atoms with Gasteiger partial charge in [-0.2, -0.15) is 4.98 Å². The SMILES string of the molecule is C[C@H]1CNCCN1c1nc2c(OC(F)(F)F)c(Cl)cc(-c3nccs3)c2o1. The van der Waals surface area contributed by atoms with E-state index in [0.29, 0.717) is 23.7 Å². The summed E-state index contributed by atoms with van der Waals surface area (Å²) in [4.78, 5) is 10.4. The lowest BCUT2D eigenvalue weighted by atomic mass is 10.2. The molecule has 4 rings (SSSR count). The quantitative estimate of drug-likeness (QED) is 0.684. The number of piperazine rings is 1. The van der Waals surface area contributed by atoms with Gasteiger partial charge in [-0.1, -0.05) is 11.6 Å². The van der Waals surface area contributed by atoms with Crippen molar-refractivity contribution in [1.29, 1.82) is 0 Å². The zero-order valence-electron chi connectivity index (χ0n) is 14.0. The van der Waals surface area contributed by atoms with Crippen LogP contribution in [0, 0.1) is 0 Å². The minimum Gasteiger partial charge on any atom is -0.422 e. The van der Waals surface area contributed by atoms with Gasteiger partial charge in [-0.15, -0.1) is 24.5 Å². The number of oxazole rings is 1. The highest BCUT2D eigenvalue weighted by atomic mass is 35.5. The van der Waals surface area contributed by atoms with Crippen LogP contribution in [0.15, 0.2) is 22.1 Å². The van der Waals surface area contributed by atoms with Gasteiger partial charge < -0.3 is 19.4 Å². The number of rotatable bonds is 3. The Labute approximate surface area is 160 Å². The maximum atomic E-state index is 12.9. The normalized spacial score (nSPS) is 18.3. The minimum absolute atomic E-state index is 0.0672. The number of nitrogens with zero attached hydrogens (tertiary/aromatic N) is 3. The maximum absolute atomic E-state index is 12.9. The first-order valence-corrected chi connectivity index (χ1v) is 9.35. The van der Waals surface area contributed by atoms with E-state index < -0.39 is 12.1 Å². The predicted molar refractivity (Wildman–Crippen MR) is 96.5 cm³/mol. The van der Waals surface area contributed by atoms with E-state index in [9.17, 15) is 13.2 Å². The Kier molecular flexibility index (Phi) is 4.65. The molecule has 2 aromatic heterocycles. The minimum atomic E-state index is -4.90. The number of hydrogen-bond acceptors (Lipinski definition) is 7. The Balaban J connectivity index is 1.91. The summed E-state index contributed by atoms with van der Waals surface area (Å²) in [6.07, 6.45) is -3.31. The van der Waals surface area contributed by atoms with Crippen LogP contribution in [0.3, 0.4) is 0 Å². The van der Waals surface area contributed by atoms with Crippen molar-refractivity contribution in [3.05, 3.63) is 22.7 Å². The number of thiazole rings is 1. The summed E-state index contributed by atoms with van der Waals surface area (Å²) >= 11 is 7.42. The van der Waals surface area contributed by atoms with Crippen LogP contribution in [0.1, 0.15) is 6.92 Å². The molecular formula is C16H14ClF3N4O2S. The largest absolute Gasteiger partial charge is 0.573 e. The van der Waals surface area contributed by atoms with E-state index in [0.717, 1.165) is 6.54 Å². The van der Waals surface area contributed by atoms with Crippen LogP contribution in [-0.2, 0) is 0 Å². The molecule has 0 spiro atoms. The molecule has 1 aliphatic rings. The summed E-state index contributed by atoms with van der Waals surface area (Å²) in [6, 6.07) is 1.66. The first-order valence-electron chi connectivity index (χ1n) is 8.09. The van der Waals surface area contributed by atoms with E-state index in [4.69, 9.17) is 16.0 Å². The molecule has 0 unspecified atom stereocenters. The molecule has 0 radical (unpaired) electrons. The number of fused-ring (bicyclic) bond motifs is 1. The standard InChI is InChI=1S/C16H14ClF3N4O2S/c1-8-7-21-2-4-24(8)15-23-11-12(25-15)9(14-22-3-5-27-14)6-10(17)13(11)26-16(18,19)20/h3,5-6,8,21H,2,4,7H2,1H3/t8-/m0/s1. The van der Waals surface area contributed by atoms with Crippen molar-refractivity contribution in [3.63, 3.8) is 0 Å². The Morgan fingerprint density at radius 2 is 2.26 bits per heavy atom. The second-order valence-electron chi connectivity index (χ2n) is 6.04. The van der Waals surface area contributed by atoms with Gasteiger partial charge in [-0.25, -0.2) is 4.98 Å². The molecule has 6 nitrogen and oxygen atoms in total. The fourth-order valence-corrected chi connectivity index (χ4v) is 3.88. The molecule has 1 N–H and O–H groups in total. The van der Waals surface area contributed by atoms with Gasteiger partial charge in [-0.05, 0) is 13.0 Å². The third-order valence-electron chi connectivity index (χ3n) is 4.19. The van der Waals surface area contributed by atoms with E-state index >= 15 is 0 Å². The highest BCUT2D eigenvalue weighted by Crippen LogP contribution is 2.44. The van der Waals surface area contributed by atoms with E-state index in [1.165, 1.54) is 17.4 Å². The summed E-state index contributed by atoms with van der Waals surface area (Å²) in [7, 11) is 0. The number of nitrogens with one attached hydrogen (secondary N) is 1. The molecule has 1 atom stereocenters. The monoisotopic (exact) mass is 418 g/mol. The average molecular weight is 419 g/mol. The molecule has 1 saturated heterocycles. The molecule has 1 fully saturated rings. The lowest BCUT2D eigenvalue weighted by Gasteiger charge is -2.32. The smallest absolute Gasteiger partial charge is 0.422 e. The fraction of sp³-hybridized carbons (Fsp3) is 0.375. The molecule has 0 saturated carbocycles. The van der Waals surface area contributed by atoms with Crippen LogP contribution in [0.5, 0.6) is 5.75 Å². The Bertz CT molecular complexity index is 961. The second kappa shape index (κ2) is 6.84. The van der Waals surface area contributed by atoms with Crippen LogP contribution >= 0.6 is 22.9 Å². The molecule has 0 aliphatic carbocycles. The molecule has 3 aromatic rings. The third-order valence-corrected chi connectivity index (χ3v) is 5.28. The van der Waals surface area contributed by atoms with E-state index in [1.54, 1.807) is 11.6 Å². The van der Waals surface area contributed by atoms with Gasteiger partial charge in [0.1, 0.15) is 5.01 Å². The summed E-state index contributed by atoms with van der Waals surface area (Å²) in [5.74, 6) is -0.572. The van der Waals surface area contributed by atoms with E-state index in [2.05, 4.69) is 20.0 Å². The zero-order valence-corrected chi connectivity index (χ0v) is 15.6. The molecule has 11 heteroatoms. The van der Waals surface area contributed by atoms with Gasteiger partial charge in [0, 0.05) is 37.3 Å². The fourth-order valence-electron chi connectivity index (χ4n) is 2.99. The highest BCUT2D eigenvalue weighted by molar-refractivity contribution is 7.13. The van der Waals surface area contributed by atoms with Crippen molar-refractivity contribution in [3.8, 4) is 16.3 Å². The average Bonchev–Trinajstić information content (AvgIpc) is 3.26. The van der Waals surface area contributed by atoms with Crippen LogP contribution < -0.4 is 15.0 Å². The topological polar surface area (TPSA) is 63.4 Å². The van der Waals surface area contributed by atoms with Crippen LogP contribution in [-0.4, -0.2) is 42.0 Å². The van der Waals surface area contributed by atoms with Crippen molar-refractivity contribution in [1.82, 2.24) is 15.3 Å². The number of aromatic nitrogens is 2. The zero-order chi connectivity index (χ0) is 19.2. The molecule has 144 valence electrons. The van der Waals surface area contributed by atoms with E-state index in [1.807, 2.05) is 11.8 Å². The van der Waals surface area contributed by atoms with Crippen LogP contribution in [0.2, 0.25) is 5.02 Å². The highest BCUT2D eigenvalue weighted by Gasteiger charge is 2.35. The molecule has 0 bridgehead atoms. The number of hydrogen-bond donors (Lipinski definition) is 1. The number of halogens is 4. The summed E-state index contributed by atoms with van der Waals surface area (Å²) in [6.45, 7) is 4.02. The van der Waals surface area contributed by atoms with Crippen molar-refractivity contribution < 1.29 is 22.3 Å². The van der Waals surface area contributed by atoms with E-state index in [-0.39, 0.29) is 28.2 Å². The van der Waals surface area contributed by atoms with Crippen molar-refractivity contribution in [2.75, 3.05) is 24.5 Å². The van der Waals surface area contributed by atoms with Crippen LogP contribution in [0.25, 0.3) is 21.7 Å². The number of ether oxygens (including phenoxy) is 1. The molecule has 27 heavy (non-hydrogen) atoms. The van der Waals surface area contributed by atoms with Gasteiger partial charge in [-0.3, -0.25) is 0 Å². The van der Waals surface area contributed by atoms with Gasteiger partial charge in [0.25, 0.3) is 6.01 Å². The van der Waals surface area contributed by atoms with Gasteiger partial charge >= 0.3 is 6.36 Å². The first-order chi connectivity index (χ1) is 12.8. The summed E-state index contributed by atoms with van der Waals surface area (Å²) in [5, 5.41) is 5.35. The number of benzene rings is 1. The maximum Gasteiger partial charge on any atom is 0.573 e. The molecule has 3 heterocycles. The lowest BCUT2D eigenvalue weighted by Crippen LogP contribution is -2.50. The Hall–Kier alpha value is -2.04. The predicted octanol–water partition coefficient (Wildman–Crippen LogP) is 4.30. The van der Waals surface area contributed by atoms with Gasteiger partial charge in [0.05, 0.1) is 10.6 Å². The van der Waals surface area contributed by atoms with Gasteiger partial charge in [0.15, 0.2) is 16.8 Å². The molecular weight excluding hydrogens is 405 g/mol. The lowest BCUT2D eigenvalue weighted by molar-refractivity contribution is -0.274. The second-order valence-corrected chi connectivity index (χ2v) is 7.34. The molecule has 1 aromatic carbocycles. The summed E-state index contributed by atoms with van der Waals surface area (Å²) in [5.41, 5.74) is 0.557.